The largest absolute Gasteiger partial charge is 0.0893 e. The average Bonchev–Trinajstić information content (AvgIpc) is 2.32. The number of aryl methyl sites for hydroxylation is 3. The van der Waals surface area contributed by atoms with Crippen molar-refractivity contribution in [3.05, 3.63) is 58.7 Å². The summed E-state index contributed by atoms with van der Waals surface area (Å²) in [6.45, 7) is 8.75. The SMILES string of the molecule is Cc1ccccc1Sc1c(C)ccc(C)c1C. The quantitative estimate of drug-likeness (QED) is 0.708. The summed E-state index contributed by atoms with van der Waals surface area (Å²) in [6.07, 6.45) is 0. The lowest BCUT2D eigenvalue weighted by molar-refractivity contribution is 1.16. The Hall–Kier alpha value is -1.21. The number of benzene rings is 2. The van der Waals surface area contributed by atoms with Gasteiger partial charge in [-0.3, -0.25) is 0 Å². The van der Waals surface area contributed by atoms with E-state index in [0.717, 1.165) is 0 Å². The summed E-state index contributed by atoms with van der Waals surface area (Å²) in [5, 5.41) is 0. The minimum Gasteiger partial charge on any atom is -0.0893 e. The molecule has 0 fully saturated rings. The van der Waals surface area contributed by atoms with Crippen molar-refractivity contribution >= 4 is 11.8 Å². The molecule has 0 amide bonds. The third kappa shape index (κ3) is 2.55. The van der Waals surface area contributed by atoms with E-state index in [1.54, 1.807) is 0 Å². The Balaban J connectivity index is 2.43. The van der Waals surface area contributed by atoms with E-state index < -0.39 is 0 Å². The monoisotopic (exact) mass is 242 g/mol. The topological polar surface area (TPSA) is 0 Å². The molecule has 0 heterocycles. The molecule has 0 saturated carbocycles. The number of hydrogen-bond acceptors (Lipinski definition) is 1. The minimum atomic E-state index is 1.35. The van der Waals surface area contributed by atoms with Gasteiger partial charge >= 0.3 is 0 Å². The van der Waals surface area contributed by atoms with Crippen LogP contribution in [0.25, 0.3) is 0 Å². The Bertz CT molecular complexity index is 541. The molecule has 0 bridgehead atoms. The van der Waals surface area contributed by atoms with Crippen molar-refractivity contribution in [2.75, 3.05) is 0 Å². The highest BCUT2D eigenvalue weighted by Crippen LogP contribution is 2.35. The molecule has 0 aliphatic carbocycles. The number of rotatable bonds is 2. The van der Waals surface area contributed by atoms with Gasteiger partial charge in [0, 0.05) is 9.79 Å². The summed E-state index contributed by atoms with van der Waals surface area (Å²) in [7, 11) is 0. The fourth-order valence-corrected chi connectivity index (χ4v) is 3.00. The predicted molar refractivity (Wildman–Crippen MR) is 76.0 cm³/mol. The van der Waals surface area contributed by atoms with E-state index in [0.29, 0.717) is 0 Å². The van der Waals surface area contributed by atoms with Gasteiger partial charge in [0.25, 0.3) is 0 Å². The van der Waals surface area contributed by atoms with Gasteiger partial charge in [-0.15, -0.1) is 0 Å². The van der Waals surface area contributed by atoms with Crippen LogP contribution in [0.2, 0.25) is 0 Å². The first-order chi connectivity index (χ1) is 8.09. The Kier molecular flexibility index (Phi) is 3.58. The van der Waals surface area contributed by atoms with Crippen LogP contribution in [0.1, 0.15) is 22.3 Å². The second kappa shape index (κ2) is 4.97. The van der Waals surface area contributed by atoms with Crippen molar-refractivity contribution in [1.29, 1.82) is 0 Å². The van der Waals surface area contributed by atoms with Crippen LogP contribution in [0.15, 0.2) is 46.2 Å². The van der Waals surface area contributed by atoms with Crippen molar-refractivity contribution in [3.8, 4) is 0 Å². The zero-order chi connectivity index (χ0) is 12.4. The molecule has 2 aromatic carbocycles. The van der Waals surface area contributed by atoms with Gasteiger partial charge in [-0.25, -0.2) is 0 Å². The van der Waals surface area contributed by atoms with Gasteiger partial charge in [-0.2, -0.15) is 0 Å². The van der Waals surface area contributed by atoms with Gasteiger partial charge in [-0.1, -0.05) is 42.1 Å². The second-order valence-electron chi connectivity index (χ2n) is 4.52. The van der Waals surface area contributed by atoms with Crippen LogP contribution in [0, 0.1) is 27.7 Å². The van der Waals surface area contributed by atoms with Gasteiger partial charge in [0.2, 0.25) is 0 Å². The maximum atomic E-state index is 2.21. The zero-order valence-corrected chi connectivity index (χ0v) is 11.7. The summed E-state index contributed by atoms with van der Waals surface area (Å²) in [5.41, 5.74) is 5.48. The third-order valence-electron chi connectivity index (χ3n) is 3.18. The molecule has 1 heteroatoms. The average molecular weight is 242 g/mol. The lowest BCUT2D eigenvalue weighted by atomic mass is 10.1. The lowest BCUT2D eigenvalue weighted by Gasteiger charge is -2.13. The van der Waals surface area contributed by atoms with Crippen molar-refractivity contribution in [2.45, 2.75) is 37.5 Å². The van der Waals surface area contributed by atoms with Crippen LogP contribution in [-0.4, -0.2) is 0 Å². The van der Waals surface area contributed by atoms with Gasteiger partial charge in [0.05, 0.1) is 0 Å². The Morgan fingerprint density at radius 2 is 1.35 bits per heavy atom. The third-order valence-corrected chi connectivity index (χ3v) is 4.69. The van der Waals surface area contributed by atoms with Gasteiger partial charge in [0.1, 0.15) is 0 Å². The van der Waals surface area contributed by atoms with E-state index in [1.165, 1.54) is 32.0 Å². The van der Waals surface area contributed by atoms with Gasteiger partial charge < -0.3 is 0 Å². The molecule has 0 atom stereocenters. The van der Waals surface area contributed by atoms with E-state index >= 15 is 0 Å². The molecule has 0 nitrogen and oxygen atoms in total. The van der Waals surface area contributed by atoms with E-state index in [-0.39, 0.29) is 0 Å². The number of hydrogen-bond donors (Lipinski definition) is 0. The van der Waals surface area contributed by atoms with E-state index in [4.69, 9.17) is 0 Å². The highest BCUT2D eigenvalue weighted by Gasteiger charge is 2.08. The molecule has 0 aromatic heterocycles. The Labute approximate surface area is 108 Å². The molecular formula is C16H18S. The van der Waals surface area contributed by atoms with Crippen LogP contribution in [0.4, 0.5) is 0 Å². The first-order valence-corrected chi connectivity index (χ1v) is 6.71. The summed E-state index contributed by atoms with van der Waals surface area (Å²) >= 11 is 1.88. The molecule has 0 radical (unpaired) electrons. The maximum Gasteiger partial charge on any atom is 0.0183 e. The zero-order valence-electron chi connectivity index (χ0n) is 10.9. The highest BCUT2D eigenvalue weighted by molar-refractivity contribution is 7.99. The fraction of sp³-hybridized carbons (Fsp3) is 0.250. The van der Waals surface area contributed by atoms with E-state index in [9.17, 15) is 0 Å². The Morgan fingerprint density at radius 3 is 2.06 bits per heavy atom. The lowest BCUT2D eigenvalue weighted by Crippen LogP contribution is -1.90. The van der Waals surface area contributed by atoms with Crippen molar-refractivity contribution < 1.29 is 0 Å². The van der Waals surface area contributed by atoms with Crippen LogP contribution in [0.5, 0.6) is 0 Å². The molecule has 0 spiro atoms. The standard InChI is InChI=1S/C16H18S/c1-11-9-10-13(3)16(14(11)4)17-15-8-6-5-7-12(15)2/h5-10H,1-4H3. The summed E-state index contributed by atoms with van der Waals surface area (Å²) in [4.78, 5) is 2.75. The smallest absolute Gasteiger partial charge is 0.0183 e. The molecule has 2 aromatic rings. The highest BCUT2D eigenvalue weighted by atomic mass is 32.2. The van der Waals surface area contributed by atoms with Gasteiger partial charge in [0.15, 0.2) is 0 Å². The molecule has 0 aliphatic heterocycles. The Morgan fingerprint density at radius 1 is 0.706 bits per heavy atom. The predicted octanol–water partition coefficient (Wildman–Crippen LogP) is 5.07. The van der Waals surface area contributed by atoms with Crippen LogP contribution < -0.4 is 0 Å². The van der Waals surface area contributed by atoms with Crippen molar-refractivity contribution in [1.82, 2.24) is 0 Å². The molecular weight excluding hydrogens is 224 g/mol. The molecule has 0 N–H and O–H groups in total. The molecule has 0 saturated heterocycles. The summed E-state index contributed by atoms with van der Waals surface area (Å²) in [6, 6.07) is 13.0. The first kappa shape index (κ1) is 12.3. The molecule has 17 heavy (non-hydrogen) atoms. The van der Waals surface area contributed by atoms with E-state index in [2.05, 4.69) is 64.1 Å². The molecule has 0 unspecified atom stereocenters. The van der Waals surface area contributed by atoms with Crippen LogP contribution in [-0.2, 0) is 0 Å². The van der Waals surface area contributed by atoms with Crippen molar-refractivity contribution in [3.63, 3.8) is 0 Å². The summed E-state index contributed by atoms with van der Waals surface area (Å²) < 4.78 is 0. The van der Waals surface area contributed by atoms with E-state index in [1.807, 2.05) is 11.8 Å². The van der Waals surface area contributed by atoms with Crippen LogP contribution >= 0.6 is 11.8 Å². The summed E-state index contributed by atoms with van der Waals surface area (Å²) in [5.74, 6) is 0. The first-order valence-electron chi connectivity index (χ1n) is 5.90. The fourth-order valence-electron chi connectivity index (χ4n) is 1.86. The van der Waals surface area contributed by atoms with Gasteiger partial charge in [-0.05, 0) is 56.0 Å². The second-order valence-corrected chi connectivity index (χ2v) is 5.57. The maximum absolute atomic E-state index is 2.21. The van der Waals surface area contributed by atoms with Crippen molar-refractivity contribution in [2.24, 2.45) is 0 Å². The normalized spacial score (nSPS) is 10.6. The molecule has 88 valence electrons. The molecule has 0 aliphatic rings. The molecule has 2 rings (SSSR count). The van der Waals surface area contributed by atoms with Crippen LogP contribution in [0.3, 0.4) is 0 Å². The minimum absolute atomic E-state index is 1.35.